The predicted molar refractivity (Wildman–Crippen MR) is 140 cm³/mol. The lowest BCUT2D eigenvalue weighted by Gasteiger charge is -2.33. The third kappa shape index (κ3) is 6.22. The number of nitrogens with zero attached hydrogens (tertiary/aromatic N) is 2. The summed E-state index contributed by atoms with van der Waals surface area (Å²) in [5.41, 5.74) is 5.08. The first-order chi connectivity index (χ1) is 17.2. The van der Waals surface area contributed by atoms with Crippen molar-refractivity contribution in [3.05, 3.63) is 95.1 Å². The Balaban J connectivity index is 1.60. The van der Waals surface area contributed by atoms with Crippen LogP contribution >= 0.6 is 0 Å². The first kappa shape index (κ1) is 24.3. The minimum atomic E-state index is -0.244. The average molecular weight is 468 g/mol. The summed E-state index contributed by atoms with van der Waals surface area (Å²) in [7, 11) is 0. The van der Waals surface area contributed by atoms with Crippen LogP contribution in [0.2, 0.25) is 0 Å². The number of carbonyl (C=O) groups is 1. The van der Waals surface area contributed by atoms with Crippen molar-refractivity contribution in [1.29, 1.82) is 5.26 Å². The van der Waals surface area contributed by atoms with Gasteiger partial charge < -0.3 is 15.0 Å². The number of rotatable bonds is 9. The molecule has 1 atom stereocenters. The lowest BCUT2D eigenvalue weighted by Crippen LogP contribution is -2.34. The van der Waals surface area contributed by atoms with Gasteiger partial charge in [0.2, 0.25) is 5.91 Å². The van der Waals surface area contributed by atoms with Crippen molar-refractivity contribution in [2.75, 3.05) is 24.6 Å². The van der Waals surface area contributed by atoms with Gasteiger partial charge in [-0.25, -0.2) is 0 Å². The molecule has 4 rings (SSSR count). The normalized spacial score (nSPS) is 14.1. The molecule has 1 saturated heterocycles. The number of amides is 1. The molecule has 3 aromatic carbocycles. The van der Waals surface area contributed by atoms with Crippen molar-refractivity contribution in [2.24, 2.45) is 0 Å². The topological polar surface area (TPSA) is 65.4 Å². The Kier molecular flexibility index (Phi) is 8.40. The van der Waals surface area contributed by atoms with E-state index in [1.165, 1.54) is 24.9 Å². The van der Waals surface area contributed by atoms with Crippen molar-refractivity contribution in [1.82, 2.24) is 5.32 Å². The second-order valence-corrected chi connectivity index (χ2v) is 8.90. The Bertz CT molecular complexity index is 1160. The molecule has 0 aromatic heterocycles. The number of carbonyl (C=O) groups excluding carboxylic acids is 1. The fourth-order valence-electron chi connectivity index (χ4n) is 4.77. The van der Waals surface area contributed by atoms with E-state index >= 15 is 0 Å². The van der Waals surface area contributed by atoms with Gasteiger partial charge >= 0.3 is 0 Å². The zero-order valence-corrected chi connectivity index (χ0v) is 20.4. The SMILES string of the molecule is CCOc1cc(CC(=O)NC(c2ccccc2)c2ccccc2N2CCCCC2)ccc1CC#N. The van der Waals surface area contributed by atoms with Gasteiger partial charge in [-0.05, 0) is 49.4 Å². The van der Waals surface area contributed by atoms with Gasteiger partial charge in [0.15, 0.2) is 0 Å². The van der Waals surface area contributed by atoms with E-state index in [1.807, 2.05) is 49.4 Å². The summed E-state index contributed by atoms with van der Waals surface area (Å²) < 4.78 is 5.73. The summed E-state index contributed by atoms with van der Waals surface area (Å²) in [5.74, 6) is 0.622. The molecule has 0 bridgehead atoms. The van der Waals surface area contributed by atoms with Crippen LogP contribution < -0.4 is 15.0 Å². The Morgan fingerprint density at radius 3 is 2.51 bits per heavy atom. The fourth-order valence-corrected chi connectivity index (χ4v) is 4.77. The molecule has 0 aliphatic carbocycles. The number of para-hydroxylation sites is 1. The number of piperidine rings is 1. The van der Waals surface area contributed by atoms with E-state index in [1.54, 1.807) is 0 Å². The van der Waals surface area contributed by atoms with Crippen molar-refractivity contribution in [2.45, 2.75) is 45.1 Å². The maximum absolute atomic E-state index is 13.3. The van der Waals surface area contributed by atoms with Crippen LogP contribution in [0.5, 0.6) is 5.75 Å². The Morgan fingerprint density at radius 2 is 1.77 bits per heavy atom. The Hall–Kier alpha value is -3.78. The number of hydrogen-bond donors (Lipinski definition) is 1. The first-order valence-corrected chi connectivity index (χ1v) is 12.5. The van der Waals surface area contributed by atoms with Crippen LogP contribution in [0.25, 0.3) is 0 Å². The molecule has 35 heavy (non-hydrogen) atoms. The number of ether oxygens (including phenoxy) is 1. The maximum atomic E-state index is 13.3. The molecule has 1 fully saturated rings. The molecule has 1 amide bonds. The smallest absolute Gasteiger partial charge is 0.225 e. The third-order valence-corrected chi connectivity index (χ3v) is 6.45. The van der Waals surface area contributed by atoms with Gasteiger partial charge in [0.25, 0.3) is 0 Å². The van der Waals surface area contributed by atoms with E-state index in [9.17, 15) is 4.79 Å². The summed E-state index contributed by atoms with van der Waals surface area (Å²) >= 11 is 0. The quantitative estimate of drug-likeness (QED) is 0.446. The molecule has 3 aromatic rings. The van der Waals surface area contributed by atoms with Gasteiger partial charge in [0, 0.05) is 29.9 Å². The van der Waals surface area contributed by atoms with Crippen LogP contribution in [0.4, 0.5) is 5.69 Å². The Labute approximate surface area is 208 Å². The van der Waals surface area contributed by atoms with Crippen molar-refractivity contribution >= 4 is 11.6 Å². The monoisotopic (exact) mass is 467 g/mol. The van der Waals surface area contributed by atoms with Gasteiger partial charge in [-0.15, -0.1) is 0 Å². The minimum absolute atomic E-state index is 0.0530. The standard InChI is InChI=1S/C30H33N3O2/c1-2-35-28-21-23(15-16-24(28)17-18-31)22-29(34)32-30(25-11-5-3-6-12-25)26-13-7-8-14-27(26)33-19-9-4-10-20-33/h3,5-8,11-16,21,30H,2,4,9-10,17,19-20,22H2,1H3,(H,32,34). The van der Waals surface area contributed by atoms with Gasteiger partial charge in [0.05, 0.1) is 31.6 Å². The zero-order chi connectivity index (χ0) is 24.5. The molecule has 1 N–H and O–H groups in total. The second-order valence-electron chi connectivity index (χ2n) is 8.90. The number of hydrogen-bond acceptors (Lipinski definition) is 4. The highest BCUT2D eigenvalue weighted by Crippen LogP contribution is 2.32. The van der Waals surface area contributed by atoms with E-state index in [4.69, 9.17) is 10.00 Å². The Morgan fingerprint density at radius 1 is 1.03 bits per heavy atom. The first-order valence-electron chi connectivity index (χ1n) is 12.5. The summed E-state index contributed by atoms with van der Waals surface area (Å²) in [6.45, 7) is 4.51. The highest BCUT2D eigenvalue weighted by atomic mass is 16.5. The van der Waals surface area contributed by atoms with Crippen molar-refractivity contribution < 1.29 is 9.53 Å². The van der Waals surface area contributed by atoms with Gasteiger partial charge in [-0.3, -0.25) is 4.79 Å². The maximum Gasteiger partial charge on any atom is 0.225 e. The van der Waals surface area contributed by atoms with Crippen molar-refractivity contribution in [3.63, 3.8) is 0 Å². The number of anilines is 1. The predicted octanol–water partition coefficient (Wildman–Crippen LogP) is 5.59. The second kappa shape index (κ2) is 12.1. The largest absolute Gasteiger partial charge is 0.494 e. The highest BCUT2D eigenvalue weighted by molar-refractivity contribution is 5.80. The average Bonchev–Trinajstić information content (AvgIpc) is 2.90. The van der Waals surface area contributed by atoms with Crippen LogP contribution in [0.3, 0.4) is 0 Å². The molecular weight excluding hydrogens is 434 g/mol. The minimum Gasteiger partial charge on any atom is -0.494 e. The zero-order valence-electron chi connectivity index (χ0n) is 20.4. The summed E-state index contributed by atoms with van der Waals surface area (Å²) in [6.07, 6.45) is 4.18. The molecule has 0 radical (unpaired) electrons. The number of nitriles is 1. The highest BCUT2D eigenvalue weighted by Gasteiger charge is 2.23. The molecule has 1 unspecified atom stereocenters. The molecule has 5 nitrogen and oxygen atoms in total. The van der Waals surface area contributed by atoms with E-state index in [0.717, 1.165) is 35.3 Å². The molecule has 0 saturated carbocycles. The van der Waals surface area contributed by atoms with E-state index in [0.29, 0.717) is 12.4 Å². The number of benzene rings is 3. The molecule has 1 heterocycles. The lowest BCUT2D eigenvalue weighted by molar-refractivity contribution is -0.120. The fraction of sp³-hybridized carbons (Fsp3) is 0.333. The molecule has 180 valence electrons. The van der Waals surface area contributed by atoms with E-state index in [2.05, 4.69) is 46.6 Å². The summed E-state index contributed by atoms with van der Waals surface area (Å²) in [5, 5.41) is 12.4. The van der Waals surface area contributed by atoms with Crippen LogP contribution in [-0.2, 0) is 17.6 Å². The summed E-state index contributed by atoms with van der Waals surface area (Å²) in [4.78, 5) is 15.8. The van der Waals surface area contributed by atoms with Crippen LogP contribution in [0.1, 0.15) is 54.5 Å². The number of nitrogens with one attached hydrogen (secondary N) is 1. The van der Waals surface area contributed by atoms with Crippen LogP contribution in [0.15, 0.2) is 72.8 Å². The van der Waals surface area contributed by atoms with Gasteiger partial charge in [-0.2, -0.15) is 5.26 Å². The molecule has 5 heteroatoms. The van der Waals surface area contributed by atoms with Gasteiger partial charge in [0.1, 0.15) is 5.75 Å². The van der Waals surface area contributed by atoms with Crippen molar-refractivity contribution in [3.8, 4) is 11.8 Å². The van der Waals surface area contributed by atoms with E-state index < -0.39 is 0 Å². The third-order valence-electron chi connectivity index (χ3n) is 6.45. The lowest BCUT2D eigenvalue weighted by atomic mass is 9.95. The van der Waals surface area contributed by atoms with E-state index in [-0.39, 0.29) is 24.8 Å². The molecule has 1 aliphatic heterocycles. The van der Waals surface area contributed by atoms with Gasteiger partial charge in [-0.1, -0.05) is 60.7 Å². The molecule has 1 aliphatic rings. The molecule has 0 spiro atoms. The van der Waals surface area contributed by atoms with Crippen LogP contribution in [0, 0.1) is 11.3 Å². The molecular formula is C30H33N3O2. The van der Waals surface area contributed by atoms with Crippen LogP contribution in [-0.4, -0.2) is 25.6 Å². The summed E-state index contributed by atoms with van der Waals surface area (Å²) in [6, 6.07) is 26.2.